The van der Waals surface area contributed by atoms with Gasteiger partial charge in [-0.1, -0.05) is 29.8 Å². The van der Waals surface area contributed by atoms with Gasteiger partial charge in [-0.15, -0.1) is 0 Å². The van der Waals surface area contributed by atoms with Crippen LogP contribution in [0.3, 0.4) is 0 Å². The van der Waals surface area contributed by atoms with E-state index in [4.69, 9.17) is 0 Å². The van der Waals surface area contributed by atoms with E-state index in [1.165, 1.54) is 5.56 Å². The molecule has 3 rings (SSSR count). The van der Waals surface area contributed by atoms with Crippen molar-refractivity contribution < 1.29 is 4.79 Å². The maximum absolute atomic E-state index is 12.8. The normalized spacial score (nSPS) is 18.0. The number of amides is 1. The summed E-state index contributed by atoms with van der Waals surface area (Å²) in [4.78, 5) is 19.0. The van der Waals surface area contributed by atoms with Gasteiger partial charge in [-0.25, -0.2) is 0 Å². The van der Waals surface area contributed by atoms with E-state index >= 15 is 0 Å². The predicted octanol–water partition coefficient (Wildman–Crippen LogP) is 3.73. The van der Waals surface area contributed by atoms with E-state index in [2.05, 4.69) is 56.9 Å². The minimum absolute atomic E-state index is 0.0539. The van der Waals surface area contributed by atoms with Crippen molar-refractivity contribution in [3.63, 3.8) is 0 Å². The minimum atomic E-state index is -0.244. The molecule has 0 aliphatic carbocycles. The second-order valence-corrected chi connectivity index (χ2v) is 6.62. The summed E-state index contributed by atoms with van der Waals surface area (Å²) in [6.07, 6.45) is 3.51. The van der Waals surface area contributed by atoms with Crippen LogP contribution in [0.2, 0.25) is 0 Å². The molecule has 21 heavy (non-hydrogen) atoms. The van der Waals surface area contributed by atoms with E-state index in [9.17, 15) is 4.79 Å². The van der Waals surface area contributed by atoms with Crippen LogP contribution in [0.5, 0.6) is 0 Å². The number of hydrogen-bond donors (Lipinski definition) is 0. The first kappa shape index (κ1) is 13.8. The average molecular weight is 280 g/mol. The molecule has 0 radical (unpaired) electrons. The molecule has 1 amide bonds. The molecule has 2 aromatic rings. The van der Waals surface area contributed by atoms with Gasteiger partial charge in [0.1, 0.15) is 0 Å². The van der Waals surface area contributed by atoms with Gasteiger partial charge in [-0.2, -0.15) is 0 Å². The molecule has 108 valence electrons. The smallest absolute Gasteiger partial charge is 0.255 e. The fraction of sp³-hybridized carbons (Fsp3) is 0.333. The topological polar surface area (TPSA) is 33.2 Å². The minimum Gasteiger partial charge on any atom is -0.323 e. The number of carbonyl (C=O) groups is 1. The fourth-order valence-corrected chi connectivity index (χ4v) is 2.97. The van der Waals surface area contributed by atoms with Crippen LogP contribution in [-0.4, -0.2) is 21.3 Å². The molecule has 1 aliphatic rings. The molecule has 0 N–H and O–H groups in total. The lowest BCUT2D eigenvalue weighted by Gasteiger charge is -2.37. The summed E-state index contributed by atoms with van der Waals surface area (Å²) in [5.41, 5.74) is 3.88. The van der Waals surface area contributed by atoms with Crippen molar-refractivity contribution in [2.45, 2.75) is 39.3 Å². The molecule has 0 bridgehead atoms. The first-order valence-corrected chi connectivity index (χ1v) is 7.24. The number of nitrogens with zero attached hydrogens (tertiary/aromatic N) is 2. The predicted molar refractivity (Wildman–Crippen MR) is 83.2 cm³/mol. The number of hydrogen-bond acceptors (Lipinski definition) is 2. The second kappa shape index (κ2) is 4.69. The van der Waals surface area contributed by atoms with Crippen LogP contribution in [0.1, 0.15) is 53.9 Å². The molecule has 0 spiro atoms. The van der Waals surface area contributed by atoms with E-state index in [1.54, 1.807) is 6.20 Å². The summed E-state index contributed by atoms with van der Waals surface area (Å²) in [7, 11) is 0. The zero-order valence-corrected chi connectivity index (χ0v) is 12.9. The fourth-order valence-electron chi connectivity index (χ4n) is 2.97. The third-order valence-corrected chi connectivity index (χ3v) is 3.97. The van der Waals surface area contributed by atoms with Crippen LogP contribution in [-0.2, 0) is 0 Å². The molecular formula is C18H20N2O. The Balaban J connectivity index is 2.18. The van der Waals surface area contributed by atoms with E-state index in [0.29, 0.717) is 0 Å². The average Bonchev–Trinajstić information content (AvgIpc) is 2.74. The number of fused-ring (bicyclic) bond motifs is 1. The molecular weight excluding hydrogens is 260 g/mol. The summed E-state index contributed by atoms with van der Waals surface area (Å²) >= 11 is 0. The molecule has 0 fully saturated rings. The van der Waals surface area contributed by atoms with E-state index in [0.717, 1.165) is 16.7 Å². The van der Waals surface area contributed by atoms with Crippen LogP contribution < -0.4 is 0 Å². The summed E-state index contributed by atoms with van der Waals surface area (Å²) in [5, 5.41) is 0. The molecule has 1 aromatic heterocycles. The van der Waals surface area contributed by atoms with Crippen molar-refractivity contribution in [1.29, 1.82) is 0 Å². The van der Waals surface area contributed by atoms with Crippen molar-refractivity contribution in [3.05, 3.63) is 65.0 Å². The number of carbonyl (C=O) groups excluding carboxylic acids is 1. The number of aromatic nitrogens is 1. The monoisotopic (exact) mass is 280 g/mol. The van der Waals surface area contributed by atoms with Crippen LogP contribution in [0.15, 0.2) is 42.7 Å². The van der Waals surface area contributed by atoms with Gasteiger partial charge in [0.05, 0.1) is 6.04 Å². The van der Waals surface area contributed by atoms with E-state index < -0.39 is 0 Å². The third kappa shape index (κ3) is 2.23. The van der Waals surface area contributed by atoms with E-state index in [-0.39, 0.29) is 17.5 Å². The van der Waals surface area contributed by atoms with Crippen molar-refractivity contribution in [3.8, 4) is 0 Å². The molecule has 1 aliphatic heterocycles. The molecule has 3 heteroatoms. The molecule has 1 atom stereocenters. The highest BCUT2D eigenvalue weighted by molar-refractivity contribution is 6.00. The van der Waals surface area contributed by atoms with Gasteiger partial charge in [0.15, 0.2) is 0 Å². The van der Waals surface area contributed by atoms with Gasteiger partial charge in [-0.05, 0) is 39.3 Å². The van der Waals surface area contributed by atoms with Crippen LogP contribution in [0.4, 0.5) is 0 Å². The van der Waals surface area contributed by atoms with Gasteiger partial charge in [0.25, 0.3) is 5.91 Å². The first-order chi connectivity index (χ1) is 9.89. The molecule has 0 saturated heterocycles. The van der Waals surface area contributed by atoms with E-state index in [1.807, 2.05) is 17.2 Å². The summed E-state index contributed by atoms with van der Waals surface area (Å²) in [6.45, 7) is 8.29. The SMILES string of the molecule is Cc1ccc(C2c3cnccc3C(=O)N2C(C)(C)C)cc1. The number of rotatable bonds is 1. The van der Waals surface area contributed by atoms with Gasteiger partial charge in [0, 0.05) is 29.1 Å². The van der Waals surface area contributed by atoms with Crippen LogP contribution in [0.25, 0.3) is 0 Å². The Hall–Kier alpha value is -2.16. The lowest BCUT2D eigenvalue weighted by Crippen LogP contribution is -2.44. The third-order valence-electron chi connectivity index (χ3n) is 3.97. The number of benzene rings is 1. The van der Waals surface area contributed by atoms with Crippen molar-refractivity contribution in [2.75, 3.05) is 0 Å². The van der Waals surface area contributed by atoms with Gasteiger partial charge >= 0.3 is 0 Å². The highest BCUT2D eigenvalue weighted by atomic mass is 16.2. The van der Waals surface area contributed by atoms with Crippen LogP contribution >= 0.6 is 0 Å². The van der Waals surface area contributed by atoms with Gasteiger partial charge in [-0.3, -0.25) is 9.78 Å². The summed E-state index contributed by atoms with van der Waals surface area (Å²) in [5.74, 6) is 0.0884. The molecule has 1 unspecified atom stereocenters. The second-order valence-electron chi connectivity index (χ2n) is 6.62. The molecule has 0 saturated carbocycles. The standard InChI is InChI=1S/C18H20N2O/c1-12-5-7-13(8-6-12)16-15-11-19-10-9-14(15)17(21)20(16)18(2,3)4/h5-11,16H,1-4H3. The van der Waals surface area contributed by atoms with Crippen molar-refractivity contribution in [1.82, 2.24) is 9.88 Å². The Kier molecular flexibility index (Phi) is 3.08. The summed E-state index contributed by atoms with van der Waals surface area (Å²) in [6, 6.07) is 10.2. The van der Waals surface area contributed by atoms with Crippen molar-refractivity contribution >= 4 is 5.91 Å². The maximum atomic E-state index is 12.8. The first-order valence-electron chi connectivity index (χ1n) is 7.24. The quantitative estimate of drug-likeness (QED) is 0.797. The maximum Gasteiger partial charge on any atom is 0.255 e. The Morgan fingerprint density at radius 1 is 1.10 bits per heavy atom. The zero-order chi connectivity index (χ0) is 15.2. The largest absolute Gasteiger partial charge is 0.323 e. The summed E-state index contributed by atoms with van der Waals surface area (Å²) < 4.78 is 0. The van der Waals surface area contributed by atoms with Crippen LogP contribution in [0, 0.1) is 6.92 Å². The Morgan fingerprint density at radius 2 is 1.76 bits per heavy atom. The van der Waals surface area contributed by atoms with Gasteiger partial charge in [0.2, 0.25) is 0 Å². The van der Waals surface area contributed by atoms with Crippen molar-refractivity contribution in [2.24, 2.45) is 0 Å². The molecule has 3 nitrogen and oxygen atoms in total. The zero-order valence-electron chi connectivity index (χ0n) is 12.9. The highest BCUT2D eigenvalue weighted by Crippen LogP contribution is 2.42. The molecule has 1 aromatic carbocycles. The number of pyridine rings is 1. The Morgan fingerprint density at radius 3 is 2.38 bits per heavy atom. The lowest BCUT2D eigenvalue weighted by molar-refractivity contribution is 0.0552. The molecule has 2 heterocycles. The lowest BCUT2D eigenvalue weighted by atomic mass is 9.96. The van der Waals surface area contributed by atoms with Gasteiger partial charge < -0.3 is 4.90 Å². The number of aryl methyl sites for hydroxylation is 1. The Labute approximate surface area is 125 Å². The highest BCUT2D eigenvalue weighted by Gasteiger charge is 2.43. The Bertz CT molecular complexity index is 683.